The van der Waals surface area contributed by atoms with Gasteiger partial charge < -0.3 is 20.6 Å². The molecule has 0 bridgehead atoms. The smallest absolute Gasteiger partial charge is 0.310 e. The van der Waals surface area contributed by atoms with Crippen LogP contribution in [0.15, 0.2) is 0 Å². The standard InChI is InChI=1S/C8H14N2O5/c1-3(11)10-7-6(13)5(12)4(2-9-7)8(14)15/h4-7,9,12-13H,2H2,1H3,(H,10,11)(H,14,15)/t4-,5-,6-,7+/m1/s1. The van der Waals surface area contributed by atoms with Gasteiger partial charge in [-0.3, -0.25) is 14.9 Å². The van der Waals surface area contributed by atoms with Crippen LogP contribution in [0.5, 0.6) is 0 Å². The summed E-state index contributed by atoms with van der Waals surface area (Å²) in [5.41, 5.74) is 0. The third kappa shape index (κ3) is 2.65. The molecule has 4 atom stereocenters. The number of amides is 1. The lowest BCUT2D eigenvalue weighted by Gasteiger charge is -2.36. The molecular formula is C8H14N2O5. The lowest BCUT2D eigenvalue weighted by atomic mass is 9.92. The van der Waals surface area contributed by atoms with Gasteiger partial charge in [0.05, 0.1) is 12.0 Å². The van der Waals surface area contributed by atoms with Crippen molar-refractivity contribution in [2.24, 2.45) is 5.92 Å². The van der Waals surface area contributed by atoms with Crippen molar-refractivity contribution in [3.05, 3.63) is 0 Å². The minimum atomic E-state index is -1.39. The Morgan fingerprint density at radius 1 is 1.33 bits per heavy atom. The summed E-state index contributed by atoms with van der Waals surface area (Å²) in [6, 6.07) is 0. The average Bonchev–Trinajstić information content (AvgIpc) is 2.12. The normalized spacial score (nSPS) is 35.9. The summed E-state index contributed by atoms with van der Waals surface area (Å²) in [4.78, 5) is 21.4. The summed E-state index contributed by atoms with van der Waals surface area (Å²) in [6.07, 6.45) is -3.53. The molecule has 7 heteroatoms. The number of carbonyl (C=O) groups is 2. The Labute approximate surface area is 86.1 Å². The number of aliphatic hydroxyl groups is 2. The fraction of sp³-hybridized carbons (Fsp3) is 0.750. The van der Waals surface area contributed by atoms with E-state index in [0.29, 0.717) is 0 Å². The first-order valence-electron chi connectivity index (χ1n) is 4.53. The van der Waals surface area contributed by atoms with E-state index in [0.717, 1.165) is 0 Å². The van der Waals surface area contributed by atoms with Gasteiger partial charge in [-0.25, -0.2) is 0 Å². The van der Waals surface area contributed by atoms with Gasteiger partial charge in [-0.05, 0) is 0 Å². The Hall–Kier alpha value is -1.18. The molecule has 1 aliphatic heterocycles. The summed E-state index contributed by atoms with van der Waals surface area (Å²) < 4.78 is 0. The molecular weight excluding hydrogens is 204 g/mol. The van der Waals surface area contributed by atoms with Gasteiger partial charge in [0.25, 0.3) is 0 Å². The van der Waals surface area contributed by atoms with Crippen molar-refractivity contribution in [1.29, 1.82) is 0 Å². The van der Waals surface area contributed by atoms with Crippen LogP contribution < -0.4 is 10.6 Å². The maximum Gasteiger partial charge on any atom is 0.310 e. The molecule has 0 saturated carbocycles. The molecule has 0 radical (unpaired) electrons. The third-order valence-electron chi connectivity index (χ3n) is 2.34. The molecule has 0 aliphatic carbocycles. The highest BCUT2D eigenvalue weighted by Gasteiger charge is 2.41. The number of carboxylic acids is 1. The second-order valence-corrected chi connectivity index (χ2v) is 3.51. The van der Waals surface area contributed by atoms with E-state index >= 15 is 0 Å². The molecule has 1 heterocycles. The summed E-state index contributed by atoms with van der Waals surface area (Å²) in [7, 11) is 0. The monoisotopic (exact) mass is 218 g/mol. The minimum absolute atomic E-state index is 0.00148. The number of nitrogens with one attached hydrogen (secondary N) is 2. The molecule has 1 aliphatic rings. The Morgan fingerprint density at radius 2 is 1.93 bits per heavy atom. The summed E-state index contributed by atoms with van der Waals surface area (Å²) in [5, 5.41) is 32.7. The van der Waals surface area contributed by atoms with Crippen molar-refractivity contribution in [3.8, 4) is 0 Å². The number of aliphatic carboxylic acids is 1. The molecule has 0 unspecified atom stereocenters. The average molecular weight is 218 g/mol. The van der Waals surface area contributed by atoms with Gasteiger partial charge in [0.15, 0.2) is 0 Å². The van der Waals surface area contributed by atoms with Crippen LogP contribution in [0.1, 0.15) is 6.92 Å². The number of hydrogen-bond acceptors (Lipinski definition) is 5. The van der Waals surface area contributed by atoms with Crippen LogP contribution >= 0.6 is 0 Å². The molecule has 15 heavy (non-hydrogen) atoms. The maximum absolute atomic E-state index is 10.7. The number of rotatable bonds is 2. The van der Waals surface area contributed by atoms with Crippen molar-refractivity contribution in [3.63, 3.8) is 0 Å². The van der Waals surface area contributed by atoms with E-state index in [9.17, 15) is 19.8 Å². The van der Waals surface area contributed by atoms with E-state index < -0.39 is 30.3 Å². The van der Waals surface area contributed by atoms with Gasteiger partial charge in [-0.1, -0.05) is 0 Å². The highest BCUT2D eigenvalue weighted by atomic mass is 16.4. The zero-order valence-electron chi connectivity index (χ0n) is 8.17. The zero-order valence-corrected chi connectivity index (χ0v) is 8.17. The molecule has 0 aromatic heterocycles. The van der Waals surface area contributed by atoms with Crippen molar-refractivity contribution >= 4 is 11.9 Å². The van der Waals surface area contributed by atoms with E-state index in [1.54, 1.807) is 0 Å². The Kier molecular flexibility index (Phi) is 3.61. The van der Waals surface area contributed by atoms with Crippen LogP contribution in [0.4, 0.5) is 0 Å². The lowest BCUT2D eigenvalue weighted by molar-refractivity contribution is -0.153. The van der Waals surface area contributed by atoms with E-state index in [1.807, 2.05) is 0 Å². The number of aliphatic hydroxyl groups excluding tert-OH is 2. The first-order chi connectivity index (χ1) is 6.93. The van der Waals surface area contributed by atoms with Crippen molar-refractivity contribution < 1.29 is 24.9 Å². The van der Waals surface area contributed by atoms with Crippen molar-refractivity contribution in [2.75, 3.05) is 6.54 Å². The first kappa shape index (κ1) is 11.9. The minimum Gasteiger partial charge on any atom is -0.481 e. The van der Waals surface area contributed by atoms with Gasteiger partial charge in [0.1, 0.15) is 12.3 Å². The molecule has 0 spiro atoms. The van der Waals surface area contributed by atoms with Gasteiger partial charge >= 0.3 is 5.97 Å². The SMILES string of the molecule is CC(=O)N[C@@H]1NC[C@@H](C(=O)O)[C@@H](O)[C@H]1O. The number of hydrogen-bond donors (Lipinski definition) is 5. The fourth-order valence-corrected chi connectivity index (χ4v) is 1.52. The van der Waals surface area contributed by atoms with Crippen LogP contribution in [0.3, 0.4) is 0 Å². The summed E-state index contributed by atoms with van der Waals surface area (Å²) in [6.45, 7) is 1.27. The van der Waals surface area contributed by atoms with E-state index in [2.05, 4.69) is 10.6 Å². The fourth-order valence-electron chi connectivity index (χ4n) is 1.52. The molecule has 1 saturated heterocycles. The molecule has 5 N–H and O–H groups in total. The van der Waals surface area contributed by atoms with Crippen LogP contribution in [-0.4, -0.2) is 52.1 Å². The first-order valence-corrected chi connectivity index (χ1v) is 4.53. The highest BCUT2D eigenvalue weighted by molar-refractivity contribution is 5.74. The van der Waals surface area contributed by atoms with Crippen molar-refractivity contribution in [2.45, 2.75) is 25.3 Å². The van der Waals surface area contributed by atoms with Crippen molar-refractivity contribution in [1.82, 2.24) is 10.6 Å². The van der Waals surface area contributed by atoms with Crippen LogP contribution in [-0.2, 0) is 9.59 Å². The van der Waals surface area contributed by atoms with E-state index in [4.69, 9.17) is 5.11 Å². The Morgan fingerprint density at radius 3 is 2.40 bits per heavy atom. The Balaban J connectivity index is 2.64. The zero-order chi connectivity index (χ0) is 11.6. The lowest BCUT2D eigenvalue weighted by Crippen LogP contribution is -2.64. The number of carboxylic acid groups (broad SMARTS) is 1. The summed E-state index contributed by atoms with van der Waals surface area (Å²) in [5.74, 6) is -2.62. The largest absolute Gasteiger partial charge is 0.481 e. The van der Waals surface area contributed by atoms with Crippen LogP contribution in [0, 0.1) is 5.92 Å². The van der Waals surface area contributed by atoms with E-state index in [1.165, 1.54) is 6.92 Å². The molecule has 0 aromatic carbocycles. The predicted molar refractivity (Wildman–Crippen MR) is 48.7 cm³/mol. The van der Waals surface area contributed by atoms with Gasteiger partial charge in [-0.2, -0.15) is 0 Å². The highest BCUT2D eigenvalue weighted by Crippen LogP contribution is 2.15. The maximum atomic E-state index is 10.7. The van der Waals surface area contributed by atoms with Gasteiger partial charge in [-0.15, -0.1) is 0 Å². The van der Waals surface area contributed by atoms with E-state index in [-0.39, 0.29) is 12.5 Å². The van der Waals surface area contributed by atoms with Gasteiger partial charge in [0, 0.05) is 13.5 Å². The van der Waals surface area contributed by atoms with Crippen LogP contribution in [0.25, 0.3) is 0 Å². The molecule has 0 aromatic rings. The van der Waals surface area contributed by atoms with Gasteiger partial charge in [0.2, 0.25) is 5.91 Å². The topological polar surface area (TPSA) is 119 Å². The molecule has 86 valence electrons. The second kappa shape index (κ2) is 4.56. The van der Waals surface area contributed by atoms with Crippen LogP contribution in [0.2, 0.25) is 0 Å². The summed E-state index contributed by atoms with van der Waals surface area (Å²) >= 11 is 0. The molecule has 1 amide bonds. The number of carbonyl (C=O) groups excluding carboxylic acids is 1. The molecule has 1 fully saturated rings. The second-order valence-electron chi connectivity index (χ2n) is 3.51. The third-order valence-corrected chi connectivity index (χ3v) is 2.34. The predicted octanol–water partition coefficient (Wildman–Crippen LogP) is -2.53. The molecule has 7 nitrogen and oxygen atoms in total. The number of piperidine rings is 1. The Bertz CT molecular complexity index is 268. The molecule has 1 rings (SSSR count). The quantitative estimate of drug-likeness (QED) is 0.349.